The highest BCUT2D eigenvalue weighted by atomic mass is 35.5. The molecule has 0 radical (unpaired) electrons. The number of carbonyl (C=O) groups excluding carboxylic acids is 1. The first-order valence-electron chi connectivity index (χ1n) is 7.18. The van der Waals surface area contributed by atoms with Crippen LogP contribution in [0.15, 0.2) is 39.8 Å². The number of sulfonamides is 1. The second-order valence-electron chi connectivity index (χ2n) is 5.17. The summed E-state index contributed by atoms with van der Waals surface area (Å²) in [7, 11) is -3.81. The molecular weight excluding hydrogens is 354 g/mol. The molecule has 0 aliphatic rings. The summed E-state index contributed by atoms with van der Waals surface area (Å²) in [6, 6.07) is 8.48. The van der Waals surface area contributed by atoms with Gasteiger partial charge in [-0.05, 0) is 19.4 Å². The molecule has 2 N–H and O–H groups in total. The van der Waals surface area contributed by atoms with E-state index in [4.69, 9.17) is 16.1 Å². The molecule has 0 aliphatic carbocycles. The summed E-state index contributed by atoms with van der Waals surface area (Å²) in [5, 5.41) is 6.34. The van der Waals surface area contributed by atoms with Crippen LogP contribution in [0.1, 0.15) is 23.1 Å². The number of amides is 1. The predicted octanol–water partition coefficient (Wildman–Crippen LogP) is 1.67. The van der Waals surface area contributed by atoms with E-state index in [1.165, 1.54) is 6.92 Å². The lowest BCUT2D eigenvalue weighted by molar-refractivity contribution is -0.119. The van der Waals surface area contributed by atoms with Gasteiger partial charge in [-0.3, -0.25) is 4.79 Å². The number of alkyl halides is 1. The summed E-state index contributed by atoms with van der Waals surface area (Å²) in [6.07, 6.45) is 0. The van der Waals surface area contributed by atoms with Crippen LogP contribution in [0.4, 0.5) is 0 Å². The molecule has 0 spiro atoms. The zero-order chi connectivity index (χ0) is 17.7. The van der Waals surface area contributed by atoms with Gasteiger partial charge in [-0.25, -0.2) is 13.1 Å². The molecule has 1 atom stereocenters. The first-order chi connectivity index (χ1) is 11.3. The van der Waals surface area contributed by atoms with Gasteiger partial charge < -0.3 is 9.84 Å². The number of hydrogen-bond acceptors (Lipinski definition) is 5. The highest BCUT2D eigenvalue weighted by molar-refractivity contribution is 7.89. The fraction of sp³-hybridized carbons (Fsp3) is 0.333. The van der Waals surface area contributed by atoms with Crippen LogP contribution in [0.2, 0.25) is 0 Å². The average molecular weight is 372 g/mol. The van der Waals surface area contributed by atoms with E-state index in [0.29, 0.717) is 0 Å². The van der Waals surface area contributed by atoms with Crippen LogP contribution in [0.3, 0.4) is 0 Å². The van der Waals surface area contributed by atoms with Gasteiger partial charge in [0.05, 0.1) is 6.04 Å². The van der Waals surface area contributed by atoms with E-state index in [2.05, 4.69) is 15.2 Å². The molecule has 1 amide bonds. The van der Waals surface area contributed by atoms with Gasteiger partial charge in [-0.2, -0.15) is 0 Å². The Hall–Kier alpha value is -1.90. The maximum atomic E-state index is 12.5. The molecule has 0 bridgehead atoms. The topological polar surface area (TPSA) is 101 Å². The van der Waals surface area contributed by atoms with Crippen molar-refractivity contribution < 1.29 is 17.7 Å². The lowest BCUT2D eigenvalue weighted by Crippen LogP contribution is -2.38. The standard InChI is InChI=1S/C15H18ClN3O4S/c1-10-15(11(2)23-19-10)24(21,22)17-9-13(18-14(20)8-16)12-6-4-3-5-7-12/h3-7,13,17H,8-9H2,1-2H3,(H,18,20). The Bertz CT molecular complexity index is 786. The van der Waals surface area contributed by atoms with Crippen LogP contribution in [0.5, 0.6) is 0 Å². The van der Waals surface area contributed by atoms with Crippen molar-refractivity contribution in [3.8, 4) is 0 Å². The minimum Gasteiger partial charge on any atom is -0.360 e. The van der Waals surface area contributed by atoms with E-state index in [-0.39, 0.29) is 34.7 Å². The van der Waals surface area contributed by atoms with Gasteiger partial charge in [0.1, 0.15) is 16.5 Å². The quantitative estimate of drug-likeness (QED) is 0.721. The first kappa shape index (κ1) is 18.4. The van der Waals surface area contributed by atoms with Gasteiger partial charge >= 0.3 is 0 Å². The number of rotatable bonds is 7. The molecule has 0 aliphatic heterocycles. The van der Waals surface area contributed by atoms with E-state index in [0.717, 1.165) is 5.56 Å². The molecule has 0 fully saturated rings. The summed E-state index contributed by atoms with van der Waals surface area (Å²) in [5.74, 6) is -0.386. The lowest BCUT2D eigenvalue weighted by Gasteiger charge is -2.19. The first-order valence-corrected chi connectivity index (χ1v) is 9.19. The van der Waals surface area contributed by atoms with Gasteiger partial charge in [-0.15, -0.1) is 11.6 Å². The van der Waals surface area contributed by atoms with Crippen LogP contribution in [0, 0.1) is 13.8 Å². The molecule has 0 saturated carbocycles. The van der Waals surface area contributed by atoms with Crippen molar-refractivity contribution >= 4 is 27.5 Å². The number of aryl methyl sites for hydroxylation is 2. The van der Waals surface area contributed by atoms with E-state index >= 15 is 0 Å². The molecule has 1 aromatic carbocycles. The Morgan fingerprint density at radius 1 is 1.29 bits per heavy atom. The van der Waals surface area contributed by atoms with Crippen molar-refractivity contribution in [1.29, 1.82) is 0 Å². The molecule has 0 saturated heterocycles. The third kappa shape index (κ3) is 4.34. The number of nitrogens with one attached hydrogen (secondary N) is 2. The van der Waals surface area contributed by atoms with Crippen molar-refractivity contribution in [3.63, 3.8) is 0 Å². The van der Waals surface area contributed by atoms with Crippen LogP contribution < -0.4 is 10.0 Å². The third-order valence-corrected chi connectivity index (χ3v) is 5.28. The molecule has 9 heteroatoms. The van der Waals surface area contributed by atoms with E-state index < -0.39 is 16.1 Å². The Balaban J connectivity index is 2.20. The van der Waals surface area contributed by atoms with Crippen LogP contribution in [0.25, 0.3) is 0 Å². The van der Waals surface area contributed by atoms with Gasteiger partial charge in [-0.1, -0.05) is 35.5 Å². The molecule has 130 valence electrons. The Kier molecular flexibility index (Phi) is 5.98. The second-order valence-corrected chi connectivity index (χ2v) is 7.14. The van der Waals surface area contributed by atoms with Crippen molar-refractivity contribution in [2.24, 2.45) is 0 Å². The predicted molar refractivity (Wildman–Crippen MR) is 89.2 cm³/mol. The molecular formula is C15H18ClN3O4S. The maximum Gasteiger partial charge on any atom is 0.246 e. The van der Waals surface area contributed by atoms with E-state index in [9.17, 15) is 13.2 Å². The zero-order valence-electron chi connectivity index (χ0n) is 13.2. The van der Waals surface area contributed by atoms with Crippen molar-refractivity contribution in [2.75, 3.05) is 12.4 Å². The molecule has 1 heterocycles. The number of aromatic nitrogens is 1. The molecule has 24 heavy (non-hydrogen) atoms. The Labute approximate surface area is 145 Å². The average Bonchev–Trinajstić information content (AvgIpc) is 2.91. The summed E-state index contributed by atoms with van der Waals surface area (Å²) < 4.78 is 32.3. The number of nitrogens with zero attached hydrogens (tertiary/aromatic N) is 1. The smallest absolute Gasteiger partial charge is 0.246 e. The molecule has 2 aromatic rings. The summed E-state index contributed by atoms with van der Waals surface area (Å²) in [4.78, 5) is 11.6. The lowest BCUT2D eigenvalue weighted by atomic mass is 10.1. The fourth-order valence-electron chi connectivity index (χ4n) is 2.29. The molecule has 1 unspecified atom stereocenters. The molecule has 2 rings (SSSR count). The summed E-state index contributed by atoms with van der Waals surface area (Å²) >= 11 is 5.53. The van der Waals surface area contributed by atoms with Gasteiger partial charge in [0.2, 0.25) is 15.9 Å². The number of carbonyl (C=O) groups is 1. The van der Waals surface area contributed by atoms with Crippen molar-refractivity contribution in [1.82, 2.24) is 15.2 Å². The highest BCUT2D eigenvalue weighted by Gasteiger charge is 2.25. The van der Waals surface area contributed by atoms with Crippen LogP contribution in [-0.2, 0) is 14.8 Å². The third-order valence-electron chi connectivity index (χ3n) is 3.37. The highest BCUT2D eigenvalue weighted by Crippen LogP contribution is 2.19. The SMILES string of the molecule is Cc1noc(C)c1S(=O)(=O)NCC(NC(=O)CCl)c1ccccc1. The van der Waals surface area contributed by atoms with Crippen molar-refractivity contribution in [2.45, 2.75) is 24.8 Å². The summed E-state index contributed by atoms with van der Waals surface area (Å²) in [5.41, 5.74) is 1.04. The minimum absolute atomic E-state index is 0.0120. The normalized spacial score (nSPS) is 12.8. The fourth-order valence-corrected chi connectivity index (χ4v) is 3.74. The summed E-state index contributed by atoms with van der Waals surface area (Å²) in [6.45, 7) is 3.05. The van der Waals surface area contributed by atoms with Crippen LogP contribution in [-0.4, -0.2) is 31.9 Å². The van der Waals surface area contributed by atoms with Crippen LogP contribution >= 0.6 is 11.6 Å². The zero-order valence-corrected chi connectivity index (χ0v) is 14.8. The largest absolute Gasteiger partial charge is 0.360 e. The van der Waals surface area contributed by atoms with E-state index in [1.54, 1.807) is 31.2 Å². The Morgan fingerprint density at radius 2 is 1.96 bits per heavy atom. The maximum absolute atomic E-state index is 12.5. The number of hydrogen-bond donors (Lipinski definition) is 2. The number of halogens is 1. The minimum atomic E-state index is -3.81. The number of benzene rings is 1. The van der Waals surface area contributed by atoms with Gasteiger partial charge in [0, 0.05) is 6.54 Å². The van der Waals surface area contributed by atoms with Gasteiger partial charge in [0.25, 0.3) is 0 Å². The second kappa shape index (κ2) is 7.78. The monoisotopic (exact) mass is 371 g/mol. The Morgan fingerprint density at radius 3 is 2.50 bits per heavy atom. The van der Waals surface area contributed by atoms with Gasteiger partial charge in [0.15, 0.2) is 5.76 Å². The molecule has 1 aromatic heterocycles. The van der Waals surface area contributed by atoms with E-state index in [1.807, 2.05) is 6.07 Å². The molecule has 7 nitrogen and oxygen atoms in total. The van der Waals surface area contributed by atoms with Crippen molar-refractivity contribution in [3.05, 3.63) is 47.3 Å².